The number of carboxylic acid groups (broad SMARTS) is 1. The smallest absolute Gasteiger partial charge is 0.303 e. The van der Waals surface area contributed by atoms with Gasteiger partial charge in [0.15, 0.2) is 0 Å². The van der Waals surface area contributed by atoms with Crippen molar-refractivity contribution >= 4 is 11.8 Å². The number of carboxylic acids is 1. The lowest BCUT2D eigenvalue weighted by molar-refractivity contribution is -0.137. The standard InChI is InChI=1S/C24H32O5/c1-24(2)22(28)19(12-8-3-4-9-13-21(26)27)20(23(24)29)15-14-18(25)16-17-10-6-5-7-11-17/h3,5-8,10-11,14-15,18-20,23,25,29H,4,9,12-13,16H2,1-2H3,(H,26,27)/t18?,19-,20-,23+/m1/s1. The van der Waals surface area contributed by atoms with Crippen LogP contribution in [0.25, 0.3) is 0 Å². The van der Waals surface area contributed by atoms with Gasteiger partial charge in [-0.15, -0.1) is 0 Å². The van der Waals surface area contributed by atoms with Crippen molar-refractivity contribution in [3.8, 4) is 0 Å². The number of hydrogen-bond donors (Lipinski definition) is 3. The molecule has 1 aromatic rings. The van der Waals surface area contributed by atoms with Crippen molar-refractivity contribution in [2.24, 2.45) is 17.3 Å². The van der Waals surface area contributed by atoms with Crippen molar-refractivity contribution in [1.29, 1.82) is 0 Å². The van der Waals surface area contributed by atoms with Gasteiger partial charge in [0, 0.05) is 24.7 Å². The van der Waals surface area contributed by atoms with E-state index in [1.54, 1.807) is 26.0 Å². The first kappa shape index (κ1) is 23.0. The number of carbonyl (C=O) groups excluding carboxylic acids is 1. The summed E-state index contributed by atoms with van der Waals surface area (Å²) in [6, 6.07) is 9.67. The van der Waals surface area contributed by atoms with E-state index in [4.69, 9.17) is 5.11 Å². The number of rotatable bonds is 10. The average molecular weight is 401 g/mol. The molecule has 1 aliphatic rings. The Morgan fingerprint density at radius 2 is 1.90 bits per heavy atom. The van der Waals surface area contributed by atoms with Crippen LogP contribution in [0.4, 0.5) is 0 Å². The highest BCUT2D eigenvalue weighted by Gasteiger charge is 2.52. The molecular formula is C24H32O5. The highest BCUT2D eigenvalue weighted by atomic mass is 16.4. The Balaban J connectivity index is 2.00. The van der Waals surface area contributed by atoms with E-state index in [0.717, 1.165) is 5.56 Å². The van der Waals surface area contributed by atoms with Crippen molar-refractivity contribution in [1.82, 2.24) is 0 Å². The third kappa shape index (κ3) is 6.38. The Labute approximate surface area is 172 Å². The number of aliphatic hydroxyl groups is 2. The van der Waals surface area contributed by atoms with Crippen molar-refractivity contribution in [3.05, 3.63) is 60.2 Å². The zero-order valence-corrected chi connectivity index (χ0v) is 17.2. The molecule has 1 fully saturated rings. The van der Waals surface area contributed by atoms with Gasteiger partial charge in [0.2, 0.25) is 0 Å². The molecule has 0 amide bonds. The molecule has 1 aromatic carbocycles. The number of hydrogen-bond acceptors (Lipinski definition) is 4. The second-order valence-corrected chi connectivity index (χ2v) is 8.35. The first-order valence-corrected chi connectivity index (χ1v) is 10.2. The Morgan fingerprint density at radius 3 is 2.55 bits per heavy atom. The Hall–Kier alpha value is -2.24. The van der Waals surface area contributed by atoms with E-state index >= 15 is 0 Å². The number of carbonyl (C=O) groups is 2. The molecule has 29 heavy (non-hydrogen) atoms. The fraction of sp³-hybridized carbons (Fsp3) is 0.500. The lowest BCUT2D eigenvalue weighted by Crippen LogP contribution is -2.31. The molecule has 2 rings (SSSR count). The van der Waals surface area contributed by atoms with E-state index in [-0.39, 0.29) is 24.0 Å². The largest absolute Gasteiger partial charge is 0.481 e. The minimum atomic E-state index is -0.832. The molecule has 4 atom stereocenters. The van der Waals surface area contributed by atoms with Gasteiger partial charge in [-0.25, -0.2) is 0 Å². The number of aliphatic hydroxyl groups excluding tert-OH is 2. The van der Waals surface area contributed by atoms with Crippen LogP contribution >= 0.6 is 0 Å². The summed E-state index contributed by atoms with van der Waals surface area (Å²) in [7, 11) is 0. The third-order valence-electron chi connectivity index (χ3n) is 5.70. The highest BCUT2D eigenvalue weighted by molar-refractivity contribution is 5.90. The van der Waals surface area contributed by atoms with Crippen molar-refractivity contribution in [3.63, 3.8) is 0 Å². The Kier molecular flexibility index (Phi) is 8.35. The maximum absolute atomic E-state index is 12.8. The minimum Gasteiger partial charge on any atom is -0.481 e. The summed E-state index contributed by atoms with van der Waals surface area (Å²) in [6.45, 7) is 3.52. The van der Waals surface area contributed by atoms with Gasteiger partial charge in [-0.2, -0.15) is 0 Å². The summed E-state index contributed by atoms with van der Waals surface area (Å²) >= 11 is 0. The number of Topliss-reactive ketones (excluding diaryl/α,β-unsaturated/α-hetero) is 1. The van der Waals surface area contributed by atoms with E-state index < -0.39 is 23.6 Å². The molecule has 0 aliphatic heterocycles. The second kappa shape index (κ2) is 10.5. The molecule has 5 heteroatoms. The Bertz CT molecular complexity index is 735. The van der Waals surface area contributed by atoms with Gasteiger partial charge in [-0.3, -0.25) is 9.59 Å². The summed E-state index contributed by atoms with van der Waals surface area (Å²) in [6.07, 6.45) is 8.09. The van der Waals surface area contributed by atoms with Gasteiger partial charge in [0.05, 0.1) is 17.6 Å². The number of aliphatic carboxylic acids is 1. The zero-order chi connectivity index (χ0) is 21.4. The monoisotopic (exact) mass is 400 g/mol. The number of ketones is 1. The zero-order valence-electron chi connectivity index (χ0n) is 17.2. The van der Waals surface area contributed by atoms with Gasteiger partial charge in [-0.05, 0) is 24.8 Å². The van der Waals surface area contributed by atoms with Gasteiger partial charge in [0.1, 0.15) is 5.78 Å². The Morgan fingerprint density at radius 1 is 1.21 bits per heavy atom. The van der Waals surface area contributed by atoms with E-state index in [9.17, 15) is 19.8 Å². The van der Waals surface area contributed by atoms with Crippen LogP contribution in [0.2, 0.25) is 0 Å². The van der Waals surface area contributed by atoms with Crippen LogP contribution in [0, 0.1) is 17.3 Å². The van der Waals surface area contributed by atoms with Crippen LogP contribution in [-0.2, 0) is 16.0 Å². The molecule has 3 N–H and O–H groups in total. The number of benzene rings is 1. The lowest BCUT2D eigenvalue weighted by atomic mass is 9.86. The molecule has 0 heterocycles. The summed E-state index contributed by atoms with van der Waals surface area (Å²) in [5, 5.41) is 29.7. The molecule has 0 spiro atoms. The van der Waals surface area contributed by atoms with Gasteiger partial charge in [0.25, 0.3) is 0 Å². The topological polar surface area (TPSA) is 94.8 Å². The predicted octanol–water partition coefficient (Wildman–Crippen LogP) is 3.55. The summed E-state index contributed by atoms with van der Waals surface area (Å²) in [4.78, 5) is 23.4. The lowest BCUT2D eigenvalue weighted by Gasteiger charge is -2.22. The van der Waals surface area contributed by atoms with Crippen molar-refractivity contribution in [2.45, 2.75) is 58.2 Å². The molecule has 0 aromatic heterocycles. The second-order valence-electron chi connectivity index (χ2n) is 8.35. The molecule has 0 bridgehead atoms. The normalized spacial score (nSPS) is 25.1. The fourth-order valence-electron chi connectivity index (χ4n) is 3.92. The molecule has 0 saturated heterocycles. The van der Waals surface area contributed by atoms with Crippen LogP contribution < -0.4 is 0 Å². The molecule has 1 aliphatic carbocycles. The average Bonchev–Trinajstić information content (AvgIpc) is 2.83. The van der Waals surface area contributed by atoms with Crippen LogP contribution in [0.3, 0.4) is 0 Å². The van der Waals surface area contributed by atoms with E-state index in [2.05, 4.69) is 0 Å². The maximum atomic E-state index is 12.8. The van der Waals surface area contributed by atoms with Crippen LogP contribution in [0.5, 0.6) is 0 Å². The van der Waals surface area contributed by atoms with Gasteiger partial charge < -0.3 is 15.3 Å². The van der Waals surface area contributed by atoms with E-state index in [1.807, 2.05) is 42.5 Å². The van der Waals surface area contributed by atoms with Crippen molar-refractivity contribution < 1.29 is 24.9 Å². The highest BCUT2D eigenvalue weighted by Crippen LogP contribution is 2.44. The number of allylic oxidation sites excluding steroid dienone is 2. The molecule has 5 nitrogen and oxygen atoms in total. The summed E-state index contributed by atoms with van der Waals surface area (Å²) in [5.41, 5.74) is 0.190. The first-order chi connectivity index (χ1) is 13.7. The molecular weight excluding hydrogens is 368 g/mol. The summed E-state index contributed by atoms with van der Waals surface area (Å²) in [5.74, 6) is -1.50. The molecule has 0 radical (unpaired) electrons. The van der Waals surface area contributed by atoms with E-state index in [1.165, 1.54) is 0 Å². The first-order valence-electron chi connectivity index (χ1n) is 10.2. The molecule has 158 valence electrons. The van der Waals surface area contributed by atoms with Gasteiger partial charge >= 0.3 is 5.97 Å². The predicted molar refractivity (Wildman–Crippen MR) is 112 cm³/mol. The summed E-state index contributed by atoms with van der Waals surface area (Å²) < 4.78 is 0. The number of unbranched alkanes of at least 4 members (excludes halogenated alkanes) is 1. The van der Waals surface area contributed by atoms with Gasteiger partial charge in [-0.1, -0.05) is 68.5 Å². The minimum absolute atomic E-state index is 0.0207. The van der Waals surface area contributed by atoms with E-state index in [0.29, 0.717) is 25.7 Å². The molecule has 1 saturated carbocycles. The van der Waals surface area contributed by atoms with Crippen molar-refractivity contribution in [2.75, 3.05) is 0 Å². The van der Waals surface area contributed by atoms with Crippen LogP contribution in [0.1, 0.15) is 45.1 Å². The molecule has 1 unspecified atom stereocenters. The van der Waals surface area contributed by atoms with Crippen LogP contribution in [0.15, 0.2) is 54.6 Å². The SMILES string of the molecule is CC1(C)C(=O)[C@H](CC=CCCCC(=O)O)[C@@H](C=CC(O)Cc2ccccc2)[C@@H]1O. The maximum Gasteiger partial charge on any atom is 0.303 e. The fourth-order valence-corrected chi connectivity index (χ4v) is 3.92. The third-order valence-corrected chi connectivity index (χ3v) is 5.70. The van der Waals surface area contributed by atoms with Crippen LogP contribution in [-0.4, -0.2) is 39.3 Å². The quantitative estimate of drug-likeness (QED) is 0.412.